The van der Waals surface area contributed by atoms with Crippen LogP contribution in [0, 0.1) is 12.3 Å². The van der Waals surface area contributed by atoms with Crippen LogP contribution in [0.4, 0.5) is 0 Å². The number of nitrogens with one attached hydrogen (secondary N) is 3. The second-order valence-corrected chi connectivity index (χ2v) is 6.23. The van der Waals surface area contributed by atoms with Crippen LogP contribution in [0.1, 0.15) is 44.9 Å². The number of aromatic nitrogens is 2. The van der Waals surface area contributed by atoms with Gasteiger partial charge in [0.15, 0.2) is 0 Å². The third-order valence-corrected chi connectivity index (χ3v) is 3.20. The number of nitrogens with zero attached hydrogens (tertiary/aromatic N) is 1. The molecule has 0 saturated carbocycles. The first kappa shape index (κ1) is 17.2. The molecule has 2 amide bonds. The van der Waals surface area contributed by atoms with Crippen LogP contribution < -0.4 is 10.6 Å². The first-order valence-corrected chi connectivity index (χ1v) is 7.34. The number of hydrogen-bond acceptors (Lipinski definition) is 3. The predicted octanol–water partition coefficient (Wildman–Crippen LogP) is 1.32. The van der Waals surface area contributed by atoms with E-state index in [0.29, 0.717) is 19.5 Å². The molecule has 6 heteroatoms. The van der Waals surface area contributed by atoms with Crippen LogP contribution in [0.25, 0.3) is 0 Å². The van der Waals surface area contributed by atoms with Gasteiger partial charge in [-0.15, -0.1) is 0 Å². The van der Waals surface area contributed by atoms with Crippen LogP contribution in [-0.4, -0.2) is 35.1 Å². The number of H-pyrrole nitrogens is 1. The molecule has 1 aromatic rings. The van der Waals surface area contributed by atoms with Crippen LogP contribution in [-0.2, 0) is 16.0 Å². The number of rotatable bonds is 7. The van der Waals surface area contributed by atoms with Gasteiger partial charge in [0.25, 0.3) is 0 Å². The van der Waals surface area contributed by atoms with Gasteiger partial charge in [-0.1, -0.05) is 20.8 Å². The lowest BCUT2D eigenvalue weighted by atomic mass is 9.96. The van der Waals surface area contributed by atoms with Gasteiger partial charge in [-0.05, 0) is 25.3 Å². The number of hydrogen-bond donors (Lipinski definition) is 3. The molecular formula is C15H26N4O2. The summed E-state index contributed by atoms with van der Waals surface area (Å²) in [6.07, 6.45) is 3.90. The highest BCUT2D eigenvalue weighted by Gasteiger charge is 2.20. The van der Waals surface area contributed by atoms with Gasteiger partial charge in [-0.25, -0.2) is 0 Å². The highest BCUT2D eigenvalue weighted by Crippen LogP contribution is 2.12. The first-order chi connectivity index (χ1) is 9.80. The van der Waals surface area contributed by atoms with E-state index in [-0.39, 0.29) is 11.8 Å². The Bertz CT molecular complexity index is 474. The van der Waals surface area contributed by atoms with Gasteiger partial charge < -0.3 is 10.6 Å². The van der Waals surface area contributed by atoms with Crippen molar-refractivity contribution in [2.45, 2.75) is 47.0 Å². The van der Waals surface area contributed by atoms with Crippen molar-refractivity contribution >= 4 is 11.8 Å². The summed E-state index contributed by atoms with van der Waals surface area (Å²) in [5, 5.41) is 12.5. The third-order valence-electron chi connectivity index (χ3n) is 3.20. The number of aryl methyl sites for hydroxylation is 2. The minimum atomic E-state index is -0.418. The van der Waals surface area contributed by atoms with E-state index in [1.807, 2.05) is 33.9 Å². The Morgan fingerprint density at radius 3 is 2.52 bits per heavy atom. The Morgan fingerprint density at radius 2 is 1.95 bits per heavy atom. The smallest absolute Gasteiger partial charge is 0.225 e. The second-order valence-electron chi connectivity index (χ2n) is 6.23. The van der Waals surface area contributed by atoms with Crippen molar-refractivity contribution in [1.29, 1.82) is 0 Å². The molecule has 0 radical (unpaired) electrons. The van der Waals surface area contributed by atoms with Crippen molar-refractivity contribution in [3.63, 3.8) is 0 Å². The van der Waals surface area contributed by atoms with Crippen LogP contribution >= 0.6 is 0 Å². The fourth-order valence-corrected chi connectivity index (χ4v) is 1.78. The third kappa shape index (κ3) is 6.42. The number of aromatic amines is 1. The molecule has 0 aliphatic heterocycles. The highest BCUT2D eigenvalue weighted by molar-refractivity contribution is 5.82. The average molecular weight is 294 g/mol. The van der Waals surface area contributed by atoms with E-state index in [1.54, 1.807) is 0 Å². The van der Waals surface area contributed by atoms with E-state index in [4.69, 9.17) is 0 Å². The summed E-state index contributed by atoms with van der Waals surface area (Å²) in [6.45, 7) is 8.54. The Labute approximate surface area is 126 Å². The number of carbonyl (C=O) groups excluding carboxylic acids is 2. The number of carbonyl (C=O) groups is 2. The molecule has 0 aliphatic rings. The number of amides is 2. The van der Waals surface area contributed by atoms with Crippen LogP contribution in [0.2, 0.25) is 0 Å². The largest absolute Gasteiger partial charge is 0.356 e. The summed E-state index contributed by atoms with van der Waals surface area (Å²) in [7, 11) is 0. The van der Waals surface area contributed by atoms with Crippen molar-refractivity contribution in [1.82, 2.24) is 20.8 Å². The summed E-state index contributed by atoms with van der Waals surface area (Å²) < 4.78 is 0. The van der Waals surface area contributed by atoms with E-state index in [9.17, 15) is 9.59 Å². The molecule has 0 saturated heterocycles. The molecule has 0 atom stereocenters. The molecule has 118 valence electrons. The average Bonchev–Trinajstić information content (AvgIpc) is 2.79. The fraction of sp³-hybridized carbons (Fsp3) is 0.667. The zero-order valence-corrected chi connectivity index (χ0v) is 13.4. The van der Waals surface area contributed by atoms with E-state index >= 15 is 0 Å². The summed E-state index contributed by atoms with van der Waals surface area (Å²) in [5.41, 5.74) is 1.84. The lowest BCUT2D eigenvalue weighted by molar-refractivity contribution is -0.128. The standard InChI is InChI=1S/C15H26N4O2/c1-11-12(10-18-19-11)6-5-8-16-13(20)7-9-17-14(21)15(2,3)4/h10H,5-9H2,1-4H3,(H,16,20)(H,17,21)(H,18,19). The van der Waals surface area contributed by atoms with Gasteiger partial charge in [0.1, 0.15) is 0 Å². The maximum absolute atomic E-state index is 11.6. The molecule has 1 rings (SSSR count). The van der Waals surface area contributed by atoms with E-state index in [1.165, 1.54) is 5.56 Å². The van der Waals surface area contributed by atoms with Gasteiger partial charge in [-0.2, -0.15) is 5.10 Å². The summed E-state index contributed by atoms with van der Waals surface area (Å²) >= 11 is 0. The zero-order valence-electron chi connectivity index (χ0n) is 13.4. The Morgan fingerprint density at radius 1 is 1.24 bits per heavy atom. The van der Waals surface area contributed by atoms with E-state index in [2.05, 4.69) is 20.8 Å². The van der Waals surface area contributed by atoms with Crippen LogP contribution in [0.15, 0.2) is 6.20 Å². The molecule has 6 nitrogen and oxygen atoms in total. The summed E-state index contributed by atoms with van der Waals surface area (Å²) in [5.74, 6) is -0.0705. The molecule has 1 aromatic heterocycles. The van der Waals surface area contributed by atoms with E-state index < -0.39 is 5.41 Å². The van der Waals surface area contributed by atoms with Crippen molar-refractivity contribution < 1.29 is 9.59 Å². The molecule has 0 spiro atoms. The Balaban J connectivity index is 2.09. The van der Waals surface area contributed by atoms with Gasteiger partial charge in [0, 0.05) is 30.6 Å². The van der Waals surface area contributed by atoms with Crippen molar-refractivity contribution in [3.8, 4) is 0 Å². The van der Waals surface area contributed by atoms with Crippen LogP contribution in [0.3, 0.4) is 0 Å². The molecule has 0 aromatic carbocycles. The first-order valence-electron chi connectivity index (χ1n) is 7.34. The van der Waals surface area contributed by atoms with Gasteiger partial charge >= 0.3 is 0 Å². The normalized spacial score (nSPS) is 11.2. The van der Waals surface area contributed by atoms with Gasteiger partial charge in [-0.3, -0.25) is 14.7 Å². The minimum absolute atomic E-state index is 0.0341. The Kier molecular flexibility index (Phi) is 6.39. The molecule has 3 N–H and O–H groups in total. The second kappa shape index (κ2) is 7.81. The zero-order chi connectivity index (χ0) is 15.9. The maximum atomic E-state index is 11.6. The maximum Gasteiger partial charge on any atom is 0.225 e. The van der Waals surface area contributed by atoms with Gasteiger partial charge in [0.05, 0.1) is 6.20 Å². The molecule has 21 heavy (non-hydrogen) atoms. The summed E-state index contributed by atoms with van der Waals surface area (Å²) in [6, 6.07) is 0. The molecule has 0 unspecified atom stereocenters. The molecule has 0 bridgehead atoms. The molecule has 1 heterocycles. The lowest BCUT2D eigenvalue weighted by Crippen LogP contribution is -2.37. The minimum Gasteiger partial charge on any atom is -0.356 e. The molecular weight excluding hydrogens is 268 g/mol. The Hall–Kier alpha value is -1.85. The summed E-state index contributed by atoms with van der Waals surface area (Å²) in [4.78, 5) is 23.2. The topological polar surface area (TPSA) is 86.9 Å². The SMILES string of the molecule is Cc1[nH]ncc1CCCNC(=O)CCNC(=O)C(C)(C)C. The molecule has 0 aliphatic carbocycles. The van der Waals surface area contributed by atoms with Crippen molar-refractivity contribution in [2.24, 2.45) is 5.41 Å². The predicted molar refractivity (Wildman–Crippen MR) is 81.7 cm³/mol. The monoisotopic (exact) mass is 294 g/mol. The van der Waals surface area contributed by atoms with Crippen molar-refractivity contribution in [2.75, 3.05) is 13.1 Å². The fourth-order valence-electron chi connectivity index (χ4n) is 1.78. The highest BCUT2D eigenvalue weighted by atomic mass is 16.2. The van der Waals surface area contributed by atoms with Crippen LogP contribution in [0.5, 0.6) is 0 Å². The van der Waals surface area contributed by atoms with E-state index in [0.717, 1.165) is 18.5 Å². The lowest BCUT2D eigenvalue weighted by Gasteiger charge is -2.17. The quantitative estimate of drug-likeness (QED) is 0.663. The van der Waals surface area contributed by atoms with Gasteiger partial charge in [0.2, 0.25) is 11.8 Å². The van der Waals surface area contributed by atoms with Crippen molar-refractivity contribution in [3.05, 3.63) is 17.5 Å². The molecule has 0 fully saturated rings.